The Bertz CT molecular complexity index is 151. The zero-order valence-electron chi connectivity index (χ0n) is 7.25. The third kappa shape index (κ3) is 3.72. The molecule has 0 bridgehead atoms. The number of carbonyl (C=O) groups is 2. The minimum Gasteiger partial charge on any atom is -0.272 e. The first-order valence-electron chi connectivity index (χ1n) is 3.43. The molecule has 0 aliphatic carbocycles. The van der Waals surface area contributed by atoms with Crippen LogP contribution in [0.4, 0.5) is 0 Å². The van der Waals surface area contributed by atoms with Gasteiger partial charge < -0.3 is 0 Å². The maximum absolute atomic E-state index is 10.7. The largest absolute Gasteiger partial charge is 0.272 e. The van der Waals surface area contributed by atoms with E-state index in [2.05, 4.69) is 0 Å². The lowest BCUT2D eigenvalue weighted by atomic mass is 10.5. The van der Waals surface area contributed by atoms with Crippen molar-refractivity contribution in [3.8, 4) is 0 Å². The Morgan fingerprint density at radius 1 is 1.18 bits per heavy atom. The predicted octanol–water partition coefficient (Wildman–Crippen LogP) is 0.721. The van der Waals surface area contributed by atoms with Gasteiger partial charge in [-0.1, -0.05) is 0 Å². The highest BCUT2D eigenvalue weighted by Gasteiger charge is 2.15. The van der Waals surface area contributed by atoms with Gasteiger partial charge in [0.2, 0.25) is 11.8 Å². The lowest BCUT2D eigenvalue weighted by Gasteiger charge is -2.18. The first kappa shape index (κ1) is 10.1. The van der Waals surface area contributed by atoms with Crippen LogP contribution in [0.3, 0.4) is 0 Å². The Morgan fingerprint density at radius 3 is 1.64 bits per heavy atom. The van der Waals surface area contributed by atoms with Crippen molar-refractivity contribution in [1.82, 2.24) is 5.06 Å². The Balaban J connectivity index is 4.12. The van der Waals surface area contributed by atoms with Crippen LogP contribution >= 0.6 is 0 Å². The van der Waals surface area contributed by atoms with E-state index in [4.69, 9.17) is 4.84 Å². The van der Waals surface area contributed by atoms with Gasteiger partial charge in [-0.05, 0) is 13.8 Å². The molecule has 0 radical (unpaired) electrons. The molecule has 0 atom stereocenters. The van der Waals surface area contributed by atoms with Gasteiger partial charge in [-0.15, -0.1) is 0 Å². The van der Waals surface area contributed by atoms with Crippen molar-refractivity contribution in [2.75, 3.05) is 0 Å². The third-order valence-corrected chi connectivity index (χ3v) is 0.888. The smallest absolute Gasteiger partial charge is 0.250 e. The minimum absolute atomic E-state index is 0.164. The zero-order chi connectivity index (χ0) is 9.02. The Morgan fingerprint density at radius 2 is 1.55 bits per heavy atom. The minimum atomic E-state index is -0.397. The molecule has 0 saturated heterocycles. The molecule has 11 heavy (non-hydrogen) atoms. The van der Waals surface area contributed by atoms with Crippen LogP contribution in [0.15, 0.2) is 0 Å². The average molecular weight is 159 g/mol. The van der Waals surface area contributed by atoms with E-state index in [1.165, 1.54) is 13.8 Å². The van der Waals surface area contributed by atoms with E-state index in [0.29, 0.717) is 0 Å². The summed E-state index contributed by atoms with van der Waals surface area (Å²) in [7, 11) is 0. The molecule has 0 aromatic heterocycles. The summed E-state index contributed by atoms with van der Waals surface area (Å²) in [6.07, 6.45) is -0.164. The monoisotopic (exact) mass is 159 g/mol. The lowest BCUT2D eigenvalue weighted by Crippen LogP contribution is -2.35. The van der Waals surface area contributed by atoms with Crippen molar-refractivity contribution >= 4 is 11.8 Å². The van der Waals surface area contributed by atoms with Crippen molar-refractivity contribution in [3.05, 3.63) is 0 Å². The fourth-order valence-electron chi connectivity index (χ4n) is 0.581. The molecule has 0 aromatic carbocycles. The summed E-state index contributed by atoms with van der Waals surface area (Å²) in [6, 6.07) is 0. The van der Waals surface area contributed by atoms with Gasteiger partial charge in [-0.2, -0.15) is 5.06 Å². The second-order valence-corrected chi connectivity index (χ2v) is 2.49. The van der Waals surface area contributed by atoms with Crippen molar-refractivity contribution in [2.24, 2.45) is 0 Å². The van der Waals surface area contributed by atoms with Gasteiger partial charge in [0.15, 0.2) is 0 Å². The third-order valence-electron chi connectivity index (χ3n) is 0.888. The molecule has 0 fully saturated rings. The SMILES string of the molecule is CC(=O)N(OC(C)C)C(C)=O. The van der Waals surface area contributed by atoms with E-state index in [0.717, 1.165) is 5.06 Å². The van der Waals surface area contributed by atoms with E-state index in [9.17, 15) is 9.59 Å². The second-order valence-electron chi connectivity index (χ2n) is 2.49. The van der Waals surface area contributed by atoms with Crippen LogP contribution in [0.2, 0.25) is 0 Å². The highest BCUT2D eigenvalue weighted by Crippen LogP contribution is 1.97. The molecule has 0 aliphatic rings. The topological polar surface area (TPSA) is 46.6 Å². The van der Waals surface area contributed by atoms with Crippen molar-refractivity contribution in [1.29, 1.82) is 0 Å². The molecule has 0 heterocycles. The number of nitrogens with zero attached hydrogens (tertiary/aromatic N) is 1. The van der Waals surface area contributed by atoms with Crippen LogP contribution in [-0.4, -0.2) is 23.0 Å². The molecule has 0 unspecified atom stereocenters. The molecule has 0 aliphatic heterocycles. The van der Waals surface area contributed by atoms with E-state index < -0.39 is 11.8 Å². The highest BCUT2D eigenvalue weighted by atomic mass is 16.7. The van der Waals surface area contributed by atoms with Gasteiger partial charge in [-0.3, -0.25) is 14.4 Å². The van der Waals surface area contributed by atoms with Gasteiger partial charge in [0.1, 0.15) is 0 Å². The maximum atomic E-state index is 10.7. The summed E-state index contributed by atoms with van der Waals surface area (Å²) in [5.74, 6) is -0.794. The van der Waals surface area contributed by atoms with Crippen LogP contribution in [-0.2, 0) is 14.4 Å². The van der Waals surface area contributed by atoms with Crippen molar-refractivity contribution < 1.29 is 14.4 Å². The lowest BCUT2D eigenvalue weighted by molar-refractivity contribution is -0.202. The molecular weight excluding hydrogens is 146 g/mol. The van der Waals surface area contributed by atoms with Crippen molar-refractivity contribution in [2.45, 2.75) is 33.8 Å². The normalized spacial score (nSPS) is 9.91. The van der Waals surface area contributed by atoms with E-state index in [1.54, 1.807) is 13.8 Å². The first-order valence-corrected chi connectivity index (χ1v) is 3.43. The van der Waals surface area contributed by atoms with E-state index in [-0.39, 0.29) is 6.10 Å². The summed E-state index contributed by atoms with van der Waals surface area (Å²) >= 11 is 0. The number of rotatable bonds is 2. The number of imide groups is 1. The fraction of sp³-hybridized carbons (Fsp3) is 0.714. The number of carbonyl (C=O) groups excluding carboxylic acids is 2. The molecule has 0 aromatic rings. The second kappa shape index (κ2) is 4.08. The Hall–Kier alpha value is -0.900. The first-order chi connectivity index (χ1) is 4.95. The molecule has 0 spiro atoms. The van der Waals surface area contributed by atoms with Gasteiger partial charge in [0.05, 0.1) is 6.10 Å². The standard InChI is InChI=1S/C7H13NO3/c1-5(2)11-8(6(3)9)7(4)10/h5H,1-4H3. The number of hydroxylamine groups is 2. The van der Waals surface area contributed by atoms with Gasteiger partial charge in [-0.25, -0.2) is 0 Å². The molecule has 4 heteroatoms. The molecule has 64 valence electrons. The number of amides is 2. The van der Waals surface area contributed by atoms with Crippen LogP contribution in [0, 0.1) is 0 Å². The summed E-state index contributed by atoms with van der Waals surface area (Å²) in [6.45, 7) is 6.06. The molecular formula is C7H13NO3. The molecule has 2 amide bonds. The number of hydrogen-bond acceptors (Lipinski definition) is 3. The highest BCUT2D eigenvalue weighted by molar-refractivity contribution is 5.91. The van der Waals surface area contributed by atoms with E-state index >= 15 is 0 Å². The summed E-state index contributed by atoms with van der Waals surface area (Å²) in [4.78, 5) is 26.3. The molecule has 0 rings (SSSR count). The maximum Gasteiger partial charge on any atom is 0.250 e. The predicted molar refractivity (Wildman–Crippen MR) is 39.4 cm³/mol. The van der Waals surface area contributed by atoms with Crippen molar-refractivity contribution in [3.63, 3.8) is 0 Å². The summed E-state index contributed by atoms with van der Waals surface area (Å²) in [5.41, 5.74) is 0. The van der Waals surface area contributed by atoms with Crippen LogP contribution < -0.4 is 0 Å². The molecule has 0 saturated carbocycles. The Labute approximate surface area is 66.1 Å². The van der Waals surface area contributed by atoms with Gasteiger partial charge in [0, 0.05) is 13.8 Å². The Kier molecular flexibility index (Phi) is 3.74. The summed E-state index contributed by atoms with van der Waals surface area (Å²) < 4.78 is 0. The van der Waals surface area contributed by atoms with Crippen LogP contribution in [0.1, 0.15) is 27.7 Å². The molecule has 0 N–H and O–H groups in total. The average Bonchev–Trinajstić information content (AvgIpc) is 1.81. The van der Waals surface area contributed by atoms with E-state index in [1.807, 2.05) is 0 Å². The number of hydrogen-bond donors (Lipinski definition) is 0. The van der Waals surface area contributed by atoms with Crippen LogP contribution in [0.25, 0.3) is 0 Å². The molecule has 4 nitrogen and oxygen atoms in total. The fourth-order valence-corrected chi connectivity index (χ4v) is 0.581. The van der Waals surface area contributed by atoms with Gasteiger partial charge >= 0.3 is 0 Å². The quantitative estimate of drug-likeness (QED) is 0.558. The zero-order valence-corrected chi connectivity index (χ0v) is 7.25. The van der Waals surface area contributed by atoms with Crippen LogP contribution in [0.5, 0.6) is 0 Å². The summed E-state index contributed by atoms with van der Waals surface area (Å²) in [5, 5.41) is 0.755. The van der Waals surface area contributed by atoms with Gasteiger partial charge in [0.25, 0.3) is 0 Å².